The summed E-state index contributed by atoms with van der Waals surface area (Å²) in [5.74, 6) is 1.93. The smallest absolute Gasteiger partial charge is 0.226 e. The molecule has 9 heteroatoms. The van der Waals surface area contributed by atoms with Crippen LogP contribution in [0.25, 0.3) is 11.5 Å². The standard InChI is InChI=1S/C21H21N7O2/c1-3-10-30-15-6-4-14(5-7-15)16-11-19(29)23-21-20(16)13(2)25-28(21)18-9-8-17-24-22-12-27(17)26-18/h4-9,12,16H,3,10-11H2,1-2H3,(H,23,29). The van der Waals surface area contributed by atoms with E-state index in [-0.39, 0.29) is 11.8 Å². The Kier molecular flexibility index (Phi) is 4.42. The van der Waals surface area contributed by atoms with E-state index in [1.807, 2.05) is 43.3 Å². The Labute approximate surface area is 172 Å². The molecule has 0 saturated carbocycles. The van der Waals surface area contributed by atoms with Gasteiger partial charge in [0.25, 0.3) is 0 Å². The number of anilines is 1. The van der Waals surface area contributed by atoms with Crippen molar-refractivity contribution in [1.29, 1.82) is 0 Å². The van der Waals surface area contributed by atoms with Crippen LogP contribution in [0.2, 0.25) is 0 Å². The van der Waals surface area contributed by atoms with Gasteiger partial charge in [-0.15, -0.1) is 15.3 Å². The Bertz CT molecular complexity index is 1230. The second kappa shape index (κ2) is 7.25. The molecule has 1 aliphatic rings. The second-order valence-corrected chi connectivity index (χ2v) is 7.31. The number of nitrogens with zero attached hydrogens (tertiary/aromatic N) is 6. The Morgan fingerprint density at radius 2 is 2.00 bits per heavy atom. The molecule has 1 aliphatic heterocycles. The number of aromatic nitrogens is 6. The Morgan fingerprint density at radius 1 is 1.17 bits per heavy atom. The molecule has 1 unspecified atom stereocenters. The molecule has 4 aromatic rings. The third kappa shape index (κ3) is 3.08. The molecule has 0 aliphatic carbocycles. The van der Waals surface area contributed by atoms with Crippen LogP contribution in [0.4, 0.5) is 5.82 Å². The number of benzene rings is 1. The second-order valence-electron chi connectivity index (χ2n) is 7.31. The van der Waals surface area contributed by atoms with Crippen molar-refractivity contribution in [3.8, 4) is 11.6 Å². The van der Waals surface area contributed by atoms with Gasteiger partial charge in [-0.05, 0) is 43.2 Å². The molecule has 30 heavy (non-hydrogen) atoms. The van der Waals surface area contributed by atoms with Crippen molar-refractivity contribution in [3.63, 3.8) is 0 Å². The molecule has 1 atom stereocenters. The molecule has 3 aromatic heterocycles. The lowest BCUT2D eigenvalue weighted by Crippen LogP contribution is -2.25. The van der Waals surface area contributed by atoms with E-state index in [1.54, 1.807) is 9.20 Å². The van der Waals surface area contributed by atoms with Gasteiger partial charge in [0.05, 0.1) is 12.3 Å². The number of ether oxygens (including phenoxy) is 1. The number of hydrogen-bond acceptors (Lipinski definition) is 6. The van der Waals surface area contributed by atoms with Gasteiger partial charge in [-0.2, -0.15) is 14.3 Å². The van der Waals surface area contributed by atoms with Crippen LogP contribution in [0.1, 0.15) is 42.5 Å². The first-order valence-corrected chi connectivity index (χ1v) is 9.93. The highest BCUT2D eigenvalue weighted by molar-refractivity contribution is 5.95. The van der Waals surface area contributed by atoms with Crippen LogP contribution >= 0.6 is 0 Å². The first-order chi connectivity index (χ1) is 14.6. The normalized spacial score (nSPS) is 15.8. The summed E-state index contributed by atoms with van der Waals surface area (Å²) in [4.78, 5) is 12.6. The van der Waals surface area contributed by atoms with Gasteiger partial charge in [-0.25, -0.2) is 0 Å². The number of fused-ring (bicyclic) bond motifs is 2. The molecule has 5 rings (SSSR count). The molecule has 0 bridgehead atoms. The van der Waals surface area contributed by atoms with E-state index in [4.69, 9.17) is 4.74 Å². The summed E-state index contributed by atoms with van der Waals surface area (Å²) in [5, 5.41) is 20.0. The molecule has 1 N–H and O–H groups in total. The van der Waals surface area contributed by atoms with Crippen molar-refractivity contribution in [1.82, 2.24) is 29.6 Å². The predicted octanol–water partition coefficient (Wildman–Crippen LogP) is 2.88. The highest BCUT2D eigenvalue weighted by Crippen LogP contribution is 2.40. The van der Waals surface area contributed by atoms with Crippen molar-refractivity contribution in [2.75, 3.05) is 11.9 Å². The van der Waals surface area contributed by atoms with Crippen molar-refractivity contribution < 1.29 is 9.53 Å². The molecule has 9 nitrogen and oxygen atoms in total. The van der Waals surface area contributed by atoms with Crippen LogP contribution in [-0.4, -0.2) is 42.1 Å². The molecule has 4 heterocycles. The van der Waals surface area contributed by atoms with Crippen molar-refractivity contribution in [2.24, 2.45) is 0 Å². The minimum atomic E-state index is -0.0821. The van der Waals surface area contributed by atoms with Gasteiger partial charge >= 0.3 is 0 Å². The maximum absolute atomic E-state index is 12.6. The van der Waals surface area contributed by atoms with Crippen LogP contribution in [0.15, 0.2) is 42.7 Å². The fourth-order valence-electron chi connectivity index (χ4n) is 3.85. The minimum absolute atomic E-state index is 0.0506. The van der Waals surface area contributed by atoms with Crippen LogP contribution in [0.5, 0.6) is 5.75 Å². The van der Waals surface area contributed by atoms with Gasteiger partial charge in [0.15, 0.2) is 11.5 Å². The van der Waals surface area contributed by atoms with Gasteiger partial charge in [0.2, 0.25) is 5.91 Å². The van der Waals surface area contributed by atoms with Crippen molar-refractivity contribution in [3.05, 3.63) is 59.5 Å². The van der Waals surface area contributed by atoms with Gasteiger partial charge < -0.3 is 10.1 Å². The van der Waals surface area contributed by atoms with Gasteiger partial charge in [0.1, 0.15) is 17.9 Å². The van der Waals surface area contributed by atoms with E-state index in [0.717, 1.165) is 29.0 Å². The van der Waals surface area contributed by atoms with E-state index in [0.29, 0.717) is 30.3 Å². The fourth-order valence-corrected chi connectivity index (χ4v) is 3.85. The summed E-state index contributed by atoms with van der Waals surface area (Å²) in [6, 6.07) is 11.6. The number of rotatable bonds is 5. The molecule has 0 spiro atoms. The first kappa shape index (κ1) is 18.3. The molecule has 0 fully saturated rings. The lowest BCUT2D eigenvalue weighted by Gasteiger charge is -2.24. The Hall–Kier alpha value is -3.75. The summed E-state index contributed by atoms with van der Waals surface area (Å²) < 4.78 is 8.94. The topological polar surface area (TPSA) is 99.2 Å². The van der Waals surface area contributed by atoms with Gasteiger partial charge in [0, 0.05) is 17.9 Å². The van der Waals surface area contributed by atoms with Crippen LogP contribution in [0, 0.1) is 6.92 Å². The maximum atomic E-state index is 12.6. The monoisotopic (exact) mass is 403 g/mol. The van der Waals surface area contributed by atoms with E-state index in [2.05, 4.69) is 32.6 Å². The summed E-state index contributed by atoms with van der Waals surface area (Å²) >= 11 is 0. The average Bonchev–Trinajstić information content (AvgIpc) is 3.36. The summed E-state index contributed by atoms with van der Waals surface area (Å²) in [6.45, 7) is 4.72. The lowest BCUT2D eigenvalue weighted by atomic mass is 9.86. The Balaban J connectivity index is 1.56. The van der Waals surface area contributed by atoms with Crippen LogP contribution < -0.4 is 10.1 Å². The summed E-state index contributed by atoms with van der Waals surface area (Å²) in [6.07, 6.45) is 2.86. The minimum Gasteiger partial charge on any atom is -0.494 e. The molecule has 152 valence electrons. The first-order valence-electron chi connectivity index (χ1n) is 9.93. The highest BCUT2D eigenvalue weighted by atomic mass is 16.5. The van der Waals surface area contributed by atoms with Crippen LogP contribution in [0.3, 0.4) is 0 Å². The van der Waals surface area contributed by atoms with E-state index in [1.165, 1.54) is 6.33 Å². The van der Waals surface area contributed by atoms with E-state index >= 15 is 0 Å². The Morgan fingerprint density at radius 3 is 2.80 bits per heavy atom. The predicted molar refractivity (Wildman–Crippen MR) is 110 cm³/mol. The average molecular weight is 403 g/mol. The number of hydrogen-bond donors (Lipinski definition) is 1. The number of amides is 1. The molecule has 1 amide bonds. The fraction of sp³-hybridized carbons (Fsp3) is 0.286. The molecule has 0 radical (unpaired) electrons. The zero-order valence-electron chi connectivity index (χ0n) is 16.7. The quantitative estimate of drug-likeness (QED) is 0.550. The molecular weight excluding hydrogens is 382 g/mol. The summed E-state index contributed by atoms with van der Waals surface area (Å²) in [5.41, 5.74) is 3.55. The van der Waals surface area contributed by atoms with Crippen LogP contribution in [-0.2, 0) is 4.79 Å². The number of nitrogens with one attached hydrogen (secondary N) is 1. The molecular formula is C21H21N7O2. The molecule has 1 aromatic carbocycles. The molecule has 0 saturated heterocycles. The number of carbonyl (C=O) groups excluding carboxylic acids is 1. The third-order valence-electron chi connectivity index (χ3n) is 5.22. The van der Waals surface area contributed by atoms with Gasteiger partial charge in [-0.3, -0.25) is 4.79 Å². The maximum Gasteiger partial charge on any atom is 0.226 e. The lowest BCUT2D eigenvalue weighted by molar-refractivity contribution is -0.116. The zero-order chi connectivity index (χ0) is 20.7. The van der Waals surface area contributed by atoms with E-state index in [9.17, 15) is 4.79 Å². The van der Waals surface area contributed by atoms with Crippen molar-refractivity contribution >= 4 is 17.4 Å². The summed E-state index contributed by atoms with van der Waals surface area (Å²) in [7, 11) is 0. The SMILES string of the molecule is CCCOc1ccc(C2CC(=O)Nc3c2c(C)nn3-c2ccc3nncn3n2)cc1. The van der Waals surface area contributed by atoms with E-state index < -0.39 is 0 Å². The zero-order valence-corrected chi connectivity index (χ0v) is 16.7. The largest absolute Gasteiger partial charge is 0.494 e. The number of aryl methyl sites for hydroxylation is 1. The van der Waals surface area contributed by atoms with Gasteiger partial charge in [-0.1, -0.05) is 19.1 Å². The van der Waals surface area contributed by atoms with Crippen molar-refractivity contribution in [2.45, 2.75) is 32.6 Å². The third-order valence-corrected chi connectivity index (χ3v) is 5.22. The number of carbonyl (C=O) groups is 1. The highest BCUT2D eigenvalue weighted by Gasteiger charge is 2.33.